The Bertz CT molecular complexity index is 1230. The van der Waals surface area contributed by atoms with E-state index in [1.807, 2.05) is 47.6 Å². The second-order valence-electron chi connectivity index (χ2n) is 7.74. The van der Waals surface area contributed by atoms with Crippen molar-refractivity contribution in [3.05, 3.63) is 71.2 Å². The highest BCUT2D eigenvalue weighted by Crippen LogP contribution is 2.31. The van der Waals surface area contributed by atoms with E-state index < -0.39 is 0 Å². The first-order valence-corrected chi connectivity index (χ1v) is 10.6. The molecule has 168 valence electrons. The summed E-state index contributed by atoms with van der Waals surface area (Å²) in [5.41, 5.74) is 12.4. The average molecular weight is 438 g/mol. The summed E-state index contributed by atoms with van der Waals surface area (Å²) in [6, 6.07) is 8.54. The Hall–Kier alpha value is -3.23. The van der Waals surface area contributed by atoms with Crippen LogP contribution in [0.4, 0.5) is 4.39 Å². The number of methoxy groups -OCH3 is 1. The molecule has 7 nitrogen and oxygen atoms in total. The monoisotopic (exact) mass is 437 g/mol. The van der Waals surface area contributed by atoms with Gasteiger partial charge < -0.3 is 19.6 Å². The van der Waals surface area contributed by atoms with Gasteiger partial charge in [-0.1, -0.05) is 0 Å². The van der Waals surface area contributed by atoms with Crippen molar-refractivity contribution >= 4 is 5.65 Å². The van der Waals surface area contributed by atoms with Crippen LogP contribution in [0, 0.1) is 12.7 Å². The van der Waals surface area contributed by atoms with Gasteiger partial charge in [0, 0.05) is 73.5 Å². The van der Waals surface area contributed by atoms with E-state index in [0.29, 0.717) is 31.9 Å². The lowest BCUT2D eigenvalue weighted by Crippen LogP contribution is -2.06. The van der Waals surface area contributed by atoms with Crippen molar-refractivity contribution in [1.29, 1.82) is 0 Å². The summed E-state index contributed by atoms with van der Waals surface area (Å²) >= 11 is 0. The summed E-state index contributed by atoms with van der Waals surface area (Å²) in [6.07, 6.45) is 5.21. The molecule has 0 fully saturated rings. The van der Waals surface area contributed by atoms with Gasteiger partial charge in [0.1, 0.15) is 17.2 Å². The SMILES string of the molecule is COCc1nn(C)c(C)c1CCOc1cc(F)ccc1-c1ccc2ncc(CCN)n2c1. The maximum Gasteiger partial charge on any atom is 0.136 e. The Morgan fingerprint density at radius 1 is 1.16 bits per heavy atom. The van der Waals surface area contributed by atoms with Gasteiger partial charge in [0.2, 0.25) is 0 Å². The van der Waals surface area contributed by atoms with E-state index in [1.165, 1.54) is 12.1 Å². The minimum absolute atomic E-state index is 0.339. The van der Waals surface area contributed by atoms with Crippen LogP contribution in [-0.2, 0) is 31.2 Å². The van der Waals surface area contributed by atoms with Gasteiger partial charge in [-0.25, -0.2) is 9.37 Å². The number of aromatic nitrogens is 4. The molecule has 1 aromatic carbocycles. The smallest absolute Gasteiger partial charge is 0.136 e. The number of nitrogens with zero attached hydrogens (tertiary/aromatic N) is 4. The molecule has 8 heteroatoms. The Balaban J connectivity index is 1.60. The maximum atomic E-state index is 14.1. The van der Waals surface area contributed by atoms with E-state index in [2.05, 4.69) is 10.1 Å². The fraction of sp³-hybridized carbons (Fsp3) is 0.333. The molecule has 0 atom stereocenters. The van der Waals surface area contributed by atoms with Crippen molar-refractivity contribution in [2.45, 2.75) is 26.4 Å². The molecule has 0 aliphatic carbocycles. The van der Waals surface area contributed by atoms with E-state index in [1.54, 1.807) is 13.2 Å². The zero-order valence-electron chi connectivity index (χ0n) is 18.6. The molecule has 0 saturated carbocycles. The van der Waals surface area contributed by atoms with Crippen LogP contribution < -0.4 is 10.5 Å². The highest BCUT2D eigenvalue weighted by Gasteiger charge is 2.15. The number of halogens is 1. The van der Waals surface area contributed by atoms with Crippen LogP contribution in [0.1, 0.15) is 22.6 Å². The Kier molecular flexibility index (Phi) is 6.53. The van der Waals surface area contributed by atoms with E-state index >= 15 is 0 Å². The number of hydrogen-bond acceptors (Lipinski definition) is 5. The van der Waals surface area contributed by atoms with Crippen LogP contribution in [0.2, 0.25) is 0 Å². The molecular weight excluding hydrogens is 409 g/mol. The second kappa shape index (κ2) is 9.50. The third kappa shape index (κ3) is 4.37. The normalized spacial score (nSPS) is 11.4. The van der Waals surface area contributed by atoms with Gasteiger partial charge in [-0.2, -0.15) is 5.10 Å². The summed E-state index contributed by atoms with van der Waals surface area (Å²) in [7, 11) is 3.56. The number of fused-ring (bicyclic) bond motifs is 1. The van der Waals surface area contributed by atoms with Crippen LogP contribution >= 0.6 is 0 Å². The molecule has 0 unspecified atom stereocenters. The molecule has 3 heterocycles. The number of aryl methyl sites for hydroxylation is 1. The number of hydrogen-bond donors (Lipinski definition) is 1. The fourth-order valence-electron chi connectivity index (χ4n) is 3.94. The van der Waals surface area contributed by atoms with Gasteiger partial charge >= 0.3 is 0 Å². The minimum atomic E-state index is -0.339. The van der Waals surface area contributed by atoms with Gasteiger partial charge in [-0.3, -0.25) is 4.68 Å². The molecule has 2 N–H and O–H groups in total. The summed E-state index contributed by atoms with van der Waals surface area (Å²) in [5.74, 6) is 0.161. The van der Waals surface area contributed by atoms with Crippen molar-refractivity contribution in [2.24, 2.45) is 12.8 Å². The third-order valence-corrected chi connectivity index (χ3v) is 5.67. The van der Waals surface area contributed by atoms with Crippen LogP contribution in [0.15, 0.2) is 42.7 Å². The van der Waals surface area contributed by atoms with Gasteiger partial charge in [-0.15, -0.1) is 0 Å². The Morgan fingerprint density at radius 3 is 2.78 bits per heavy atom. The van der Waals surface area contributed by atoms with Crippen molar-refractivity contribution in [3.63, 3.8) is 0 Å². The molecule has 3 aromatic heterocycles. The minimum Gasteiger partial charge on any atom is -0.492 e. The van der Waals surface area contributed by atoms with Crippen LogP contribution in [0.25, 0.3) is 16.8 Å². The molecule has 4 rings (SSSR count). The standard InChI is InChI=1S/C24H28FN5O2/c1-16-20(22(15-31-3)28-29(16)2)9-11-32-23-12-18(25)5-6-21(23)17-4-7-24-27-13-19(8-10-26)30(24)14-17/h4-7,12-14H,8-11,15,26H2,1-3H3. The first kappa shape index (κ1) is 22.0. The lowest BCUT2D eigenvalue weighted by atomic mass is 10.1. The van der Waals surface area contributed by atoms with Gasteiger partial charge in [-0.05, 0) is 37.7 Å². The largest absolute Gasteiger partial charge is 0.492 e. The Morgan fingerprint density at radius 2 is 2.00 bits per heavy atom. The van der Waals surface area contributed by atoms with Gasteiger partial charge in [0.05, 0.1) is 18.9 Å². The summed E-state index contributed by atoms with van der Waals surface area (Å²) in [5, 5.41) is 4.51. The molecule has 4 aromatic rings. The average Bonchev–Trinajstić information content (AvgIpc) is 3.30. The van der Waals surface area contributed by atoms with Gasteiger partial charge in [0.15, 0.2) is 0 Å². The molecule has 0 spiro atoms. The number of rotatable bonds is 9. The molecule has 0 aliphatic heterocycles. The van der Waals surface area contributed by atoms with Crippen molar-refractivity contribution < 1.29 is 13.9 Å². The Labute approximate surface area is 186 Å². The first-order chi connectivity index (χ1) is 15.5. The summed E-state index contributed by atoms with van der Waals surface area (Å²) < 4.78 is 29.3. The van der Waals surface area contributed by atoms with E-state index in [0.717, 1.165) is 45.8 Å². The van der Waals surface area contributed by atoms with E-state index in [9.17, 15) is 4.39 Å². The number of imidazole rings is 1. The molecule has 0 saturated heterocycles. The van der Waals surface area contributed by atoms with E-state index in [4.69, 9.17) is 15.2 Å². The van der Waals surface area contributed by atoms with Crippen LogP contribution in [-0.4, -0.2) is 39.4 Å². The van der Waals surface area contributed by atoms with E-state index in [-0.39, 0.29) is 5.82 Å². The number of benzene rings is 1. The third-order valence-electron chi connectivity index (χ3n) is 5.67. The van der Waals surface area contributed by atoms with Crippen molar-refractivity contribution in [3.8, 4) is 16.9 Å². The summed E-state index contributed by atoms with van der Waals surface area (Å²) in [6.45, 7) is 3.40. The van der Waals surface area contributed by atoms with Crippen LogP contribution in [0.5, 0.6) is 5.75 Å². The molecular formula is C24H28FN5O2. The van der Waals surface area contributed by atoms with Crippen molar-refractivity contribution in [1.82, 2.24) is 19.2 Å². The predicted octanol–water partition coefficient (Wildman–Crippen LogP) is 3.45. The van der Waals surface area contributed by atoms with Crippen molar-refractivity contribution in [2.75, 3.05) is 20.3 Å². The quantitative estimate of drug-likeness (QED) is 0.434. The number of nitrogens with two attached hydrogens (primary N) is 1. The molecule has 0 bridgehead atoms. The zero-order chi connectivity index (χ0) is 22.7. The molecule has 0 radical (unpaired) electrons. The first-order valence-electron chi connectivity index (χ1n) is 10.6. The van der Waals surface area contributed by atoms with Gasteiger partial charge in [0.25, 0.3) is 0 Å². The predicted molar refractivity (Wildman–Crippen MR) is 121 cm³/mol. The summed E-state index contributed by atoms with van der Waals surface area (Å²) in [4.78, 5) is 4.42. The topological polar surface area (TPSA) is 79.6 Å². The number of pyridine rings is 1. The fourth-order valence-corrected chi connectivity index (χ4v) is 3.94. The molecule has 32 heavy (non-hydrogen) atoms. The highest BCUT2D eigenvalue weighted by molar-refractivity contribution is 5.71. The number of ether oxygens (including phenoxy) is 2. The van der Waals surface area contributed by atoms with Crippen LogP contribution in [0.3, 0.4) is 0 Å². The lowest BCUT2D eigenvalue weighted by Gasteiger charge is -2.13. The second-order valence-corrected chi connectivity index (χ2v) is 7.74. The molecule has 0 aliphatic rings. The molecule has 0 amide bonds. The lowest BCUT2D eigenvalue weighted by molar-refractivity contribution is 0.180. The highest BCUT2D eigenvalue weighted by atomic mass is 19.1. The zero-order valence-corrected chi connectivity index (χ0v) is 18.6. The maximum absolute atomic E-state index is 14.1.